The van der Waals surface area contributed by atoms with Gasteiger partial charge in [-0.2, -0.15) is 0 Å². The Bertz CT molecular complexity index is 341. The molecule has 0 saturated carbocycles. The van der Waals surface area contributed by atoms with Crippen LogP contribution in [0, 0.1) is 5.82 Å². The molecule has 1 rings (SSSR count). The molecule has 0 bridgehead atoms. The van der Waals surface area contributed by atoms with E-state index in [1.54, 1.807) is 0 Å². The van der Waals surface area contributed by atoms with E-state index in [2.05, 4.69) is 11.8 Å². The lowest BCUT2D eigenvalue weighted by molar-refractivity contribution is 0.252. The molecule has 0 aliphatic rings. The van der Waals surface area contributed by atoms with Gasteiger partial charge in [-0.05, 0) is 45.1 Å². The summed E-state index contributed by atoms with van der Waals surface area (Å²) in [4.78, 5) is 2.12. The van der Waals surface area contributed by atoms with Crippen molar-refractivity contribution >= 4 is 0 Å². The predicted octanol–water partition coefficient (Wildman–Crippen LogP) is 3.32. The Morgan fingerprint density at radius 3 is 2.75 bits per heavy atom. The van der Waals surface area contributed by atoms with Crippen molar-refractivity contribution in [1.29, 1.82) is 0 Å². The number of halogens is 1. The van der Waals surface area contributed by atoms with Crippen LogP contribution in [0.2, 0.25) is 0 Å². The second kappa shape index (κ2) is 5.85. The Morgan fingerprint density at radius 2 is 2.12 bits per heavy atom. The van der Waals surface area contributed by atoms with E-state index in [4.69, 9.17) is 0 Å². The van der Waals surface area contributed by atoms with Crippen LogP contribution in [0.25, 0.3) is 0 Å². The number of phenolic OH excluding ortho intramolecular Hbond substituents is 1. The summed E-state index contributed by atoms with van der Waals surface area (Å²) in [5.74, 6) is -0.138. The van der Waals surface area contributed by atoms with Gasteiger partial charge < -0.3 is 5.11 Å². The van der Waals surface area contributed by atoms with E-state index < -0.39 is 0 Å². The van der Waals surface area contributed by atoms with E-state index in [9.17, 15) is 9.50 Å². The van der Waals surface area contributed by atoms with Gasteiger partial charge in [0.1, 0.15) is 11.6 Å². The average molecular weight is 225 g/mol. The Kier molecular flexibility index (Phi) is 4.74. The zero-order valence-electron chi connectivity index (χ0n) is 10.2. The maximum Gasteiger partial charge on any atom is 0.123 e. The monoisotopic (exact) mass is 225 g/mol. The van der Waals surface area contributed by atoms with Crippen LogP contribution in [-0.4, -0.2) is 23.6 Å². The van der Waals surface area contributed by atoms with Crippen molar-refractivity contribution in [2.45, 2.75) is 32.7 Å². The molecule has 2 nitrogen and oxygen atoms in total. The second-order valence-electron chi connectivity index (χ2n) is 4.21. The molecule has 0 aromatic heterocycles. The minimum Gasteiger partial charge on any atom is -0.508 e. The maximum absolute atomic E-state index is 13.1. The zero-order chi connectivity index (χ0) is 12.1. The summed E-state index contributed by atoms with van der Waals surface area (Å²) in [5.41, 5.74) is 0.651. The number of rotatable bonds is 5. The average Bonchev–Trinajstić information content (AvgIpc) is 2.28. The van der Waals surface area contributed by atoms with Gasteiger partial charge in [0.15, 0.2) is 0 Å². The number of aromatic hydroxyl groups is 1. The Hall–Kier alpha value is -1.09. The third-order valence-electron chi connectivity index (χ3n) is 2.97. The minimum absolute atomic E-state index is 0.0299. The summed E-state index contributed by atoms with van der Waals surface area (Å²) in [5, 5.41) is 9.69. The van der Waals surface area contributed by atoms with E-state index in [1.807, 2.05) is 14.0 Å². The largest absolute Gasteiger partial charge is 0.508 e. The van der Waals surface area contributed by atoms with E-state index in [1.165, 1.54) is 18.2 Å². The molecule has 16 heavy (non-hydrogen) atoms. The highest BCUT2D eigenvalue weighted by molar-refractivity contribution is 5.34. The van der Waals surface area contributed by atoms with Gasteiger partial charge in [-0.25, -0.2) is 4.39 Å². The minimum atomic E-state index is -0.302. The van der Waals surface area contributed by atoms with E-state index >= 15 is 0 Å². The van der Waals surface area contributed by atoms with Gasteiger partial charge in [-0.3, -0.25) is 4.90 Å². The number of hydrogen-bond acceptors (Lipinski definition) is 2. The zero-order valence-corrected chi connectivity index (χ0v) is 10.2. The topological polar surface area (TPSA) is 23.5 Å². The first-order valence-electron chi connectivity index (χ1n) is 5.75. The number of benzene rings is 1. The van der Waals surface area contributed by atoms with Crippen LogP contribution < -0.4 is 0 Å². The Morgan fingerprint density at radius 1 is 1.44 bits per heavy atom. The number of unbranched alkanes of at least 4 members (excludes halogenated alkanes) is 1. The third-order valence-corrected chi connectivity index (χ3v) is 2.97. The quantitative estimate of drug-likeness (QED) is 0.831. The van der Waals surface area contributed by atoms with Gasteiger partial charge in [-0.1, -0.05) is 13.3 Å². The highest BCUT2D eigenvalue weighted by Gasteiger charge is 2.15. The first kappa shape index (κ1) is 13.0. The first-order valence-corrected chi connectivity index (χ1v) is 5.75. The molecule has 1 aromatic rings. The summed E-state index contributed by atoms with van der Waals surface area (Å²) in [7, 11) is 1.99. The van der Waals surface area contributed by atoms with Crippen molar-refractivity contribution in [1.82, 2.24) is 4.90 Å². The molecule has 0 spiro atoms. The highest BCUT2D eigenvalue weighted by Crippen LogP contribution is 2.28. The lowest BCUT2D eigenvalue weighted by atomic mass is 10.1. The predicted molar refractivity (Wildman–Crippen MR) is 64.0 cm³/mol. The van der Waals surface area contributed by atoms with Gasteiger partial charge in [0.05, 0.1) is 0 Å². The van der Waals surface area contributed by atoms with Crippen molar-refractivity contribution in [3.05, 3.63) is 29.6 Å². The van der Waals surface area contributed by atoms with Crippen molar-refractivity contribution in [3.8, 4) is 5.75 Å². The van der Waals surface area contributed by atoms with Crippen LogP contribution in [0.5, 0.6) is 5.75 Å². The summed E-state index contributed by atoms with van der Waals surface area (Å²) < 4.78 is 13.1. The molecule has 3 heteroatoms. The SMILES string of the molecule is CCCCN(C)C(C)c1cc(F)ccc1O. The molecule has 1 atom stereocenters. The van der Waals surface area contributed by atoms with E-state index in [-0.39, 0.29) is 17.6 Å². The molecule has 90 valence electrons. The summed E-state index contributed by atoms with van der Waals surface area (Å²) >= 11 is 0. The standard InChI is InChI=1S/C13H20FNO/c1-4-5-8-15(3)10(2)12-9-11(14)6-7-13(12)16/h6-7,9-10,16H,4-5,8H2,1-3H3. The van der Waals surface area contributed by atoms with Crippen molar-refractivity contribution in [2.75, 3.05) is 13.6 Å². The van der Waals surface area contributed by atoms with Crippen molar-refractivity contribution in [3.63, 3.8) is 0 Å². The van der Waals surface area contributed by atoms with E-state index in [0.29, 0.717) is 5.56 Å². The summed E-state index contributed by atoms with van der Waals surface area (Å²) in [6.45, 7) is 5.07. The lowest BCUT2D eigenvalue weighted by Gasteiger charge is -2.25. The Balaban J connectivity index is 2.78. The molecule has 0 saturated heterocycles. The molecule has 1 N–H and O–H groups in total. The summed E-state index contributed by atoms with van der Waals surface area (Å²) in [6, 6.07) is 4.12. The van der Waals surface area contributed by atoms with Crippen LogP contribution in [-0.2, 0) is 0 Å². The molecular weight excluding hydrogens is 205 g/mol. The van der Waals surface area contributed by atoms with Crippen molar-refractivity contribution in [2.24, 2.45) is 0 Å². The fraction of sp³-hybridized carbons (Fsp3) is 0.538. The molecule has 0 aliphatic heterocycles. The normalized spacial score (nSPS) is 13.1. The molecule has 1 unspecified atom stereocenters. The molecule has 0 fully saturated rings. The van der Waals surface area contributed by atoms with Gasteiger partial charge in [0.25, 0.3) is 0 Å². The smallest absolute Gasteiger partial charge is 0.123 e. The van der Waals surface area contributed by atoms with E-state index in [0.717, 1.165) is 19.4 Å². The maximum atomic E-state index is 13.1. The van der Waals surface area contributed by atoms with Crippen LogP contribution in [0.4, 0.5) is 4.39 Å². The molecule has 0 radical (unpaired) electrons. The highest BCUT2D eigenvalue weighted by atomic mass is 19.1. The van der Waals surface area contributed by atoms with Gasteiger partial charge in [0, 0.05) is 11.6 Å². The van der Waals surface area contributed by atoms with Gasteiger partial charge in [0.2, 0.25) is 0 Å². The third kappa shape index (κ3) is 3.20. The van der Waals surface area contributed by atoms with Crippen molar-refractivity contribution < 1.29 is 9.50 Å². The van der Waals surface area contributed by atoms with Gasteiger partial charge >= 0.3 is 0 Å². The fourth-order valence-corrected chi connectivity index (χ4v) is 1.70. The first-order chi connectivity index (χ1) is 7.56. The molecular formula is C13H20FNO. The molecule has 0 amide bonds. The van der Waals surface area contributed by atoms with Crippen LogP contribution in [0.1, 0.15) is 38.3 Å². The van der Waals surface area contributed by atoms with Crippen LogP contribution >= 0.6 is 0 Å². The lowest BCUT2D eigenvalue weighted by Crippen LogP contribution is -2.23. The molecule has 0 aliphatic carbocycles. The van der Waals surface area contributed by atoms with Crippen LogP contribution in [0.15, 0.2) is 18.2 Å². The number of nitrogens with zero attached hydrogens (tertiary/aromatic N) is 1. The van der Waals surface area contributed by atoms with Gasteiger partial charge in [-0.15, -0.1) is 0 Å². The van der Waals surface area contributed by atoms with Crippen LogP contribution in [0.3, 0.4) is 0 Å². The summed E-state index contributed by atoms with van der Waals surface area (Å²) in [6.07, 6.45) is 2.24. The fourth-order valence-electron chi connectivity index (χ4n) is 1.70. The second-order valence-corrected chi connectivity index (χ2v) is 4.21. The molecule has 0 heterocycles. The number of hydrogen-bond donors (Lipinski definition) is 1. The molecule has 1 aromatic carbocycles. The Labute approximate surface area is 96.7 Å². The number of phenols is 1.